The van der Waals surface area contributed by atoms with Crippen molar-refractivity contribution in [1.82, 2.24) is 14.8 Å². The first-order chi connectivity index (χ1) is 7.70. The summed E-state index contributed by atoms with van der Waals surface area (Å²) in [6, 6.07) is 2.96. The fourth-order valence-corrected chi connectivity index (χ4v) is 1.21. The summed E-state index contributed by atoms with van der Waals surface area (Å²) >= 11 is 0. The van der Waals surface area contributed by atoms with Crippen molar-refractivity contribution >= 4 is 12.3 Å². The number of pyridine rings is 1. The Hall–Kier alpha value is -2.50. The highest BCUT2D eigenvalue weighted by Crippen LogP contribution is 2.08. The van der Waals surface area contributed by atoms with Gasteiger partial charge in [0.25, 0.3) is 0 Å². The lowest BCUT2D eigenvalue weighted by atomic mass is 10.3. The van der Waals surface area contributed by atoms with Crippen molar-refractivity contribution < 1.29 is 14.7 Å². The van der Waals surface area contributed by atoms with Gasteiger partial charge in [-0.15, -0.1) is 0 Å². The first-order valence-corrected chi connectivity index (χ1v) is 4.40. The minimum Gasteiger partial charge on any atom is -0.478 e. The number of hydrogen-bond acceptors (Lipinski definition) is 4. The molecule has 0 saturated carbocycles. The number of carbonyl (C=O) groups is 2. The van der Waals surface area contributed by atoms with Gasteiger partial charge in [0.2, 0.25) is 0 Å². The Morgan fingerprint density at radius 3 is 2.88 bits per heavy atom. The van der Waals surface area contributed by atoms with E-state index in [4.69, 9.17) is 5.11 Å². The molecule has 0 aliphatic rings. The van der Waals surface area contributed by atoms with Crippen LogP contribution >= 0.6 is 0 Å². The molecule has 0 saturated heterocycles. The van der Waals surface area contributed by atoms with E-state index in [-0.39, 0.29) is 11.3 Å². The molecule has 2 heterocycles. The number of aromatic nitrogens is 3. The van der Waals surface area contributed by atoms with Crippen LogP contribution in [-0.4, -0.2) is 32.1 Å². The van der Waals surface area contributed by atoms with Gasteiger partial charge in [-0.3, -0.25) is 9.78 Å². The second kappa shape index (κ2) is 3.93. The third-order valence-electron chi connectivity index (χ3n) is 1.97. The molecular weight excluding hydrogens is 210 g/mol. The Morgan fingerprint density at radius 1 is 1.44 bits per heavy atom. The maximum atomic E-state index is 10.7. The summed E-state index contributed by atoms with van der Waals surface area (Å²) in [5, 5.41) is 12.7. The van der Waals surface area contributed by atoms with Gasteiger partial charge in [0.1, 0.15) is 5.69 Å². The molecule has 6 nitrogen and oxygen atoms in total. The number of carboxylic acid groups (broad SMARTS) is 1. The number of aromatic carboxylic acids is 1. The van der Waals surface area contributed by atoms with Crippen LogP contribution < -0.4 is 0 Å². The smallest absolute Gasteiger partial charge is 0.337 e. The number of carboxylic acids is 1. The van der Waals surface area contributed by atoms with E-state index in [1.165, 1.54) is 29.2 Å². The molecule has 80 valence electrons. The lowest BCUT2D eigenvalue weighted by molar-refractivity contribution is 0.0696. The molecule has 6 heteroatoms. The van der Waals surface area contributed by atoms with E-state index in [9.17, 15) is 9.59 Å². The van der Waals surface area contributed by atoms with Crippen LogP contribution in [0.4, 0.5) is 0 Å². The van der Waals surface area contributed by atoms with Crippen LogP contribution in [0.5, 0.6) is 0 Å². The molecule has 2 aromatic rings. The van der Waals surface area contributed by atoms with Crippen LogP contribution in [0.25, 0.3) is 5.69 Å². The lowest BCUT2D eigenvalue weighted by Crippen LogP contribution is -2.02. The average Bonchev–Trinajstić information content (AvgIpc) is 2.77. The van der Waals surface area contributed by atoms with E-state index < -0.39 is 5.97 Å². The Bertz CT molecular complexity index is 548. The molecule has 1 N–H and O–H groups in total. The Kier molecular flexibility index (Phi) is 2.47. The van der Waals surface area contributed by atoms with E-state index in [0.717, 1.165) is 0 Å². The number of rotatable bonds is 3. The van der Waals surface area contributed by atoms with E-state index in [1.807, 2.05) is 0 Å². The second-order valence-corrected chi connectivity index (χ2v) is 3.04. The van der Waals surface area contributed by atoms with Crippen molar-refractivity contribution in [2.45, 2.75) is 0 Å². The van der Waals surface area contributed by atoms with Crippen LogP contribution in [0, 0.1) is 0 Å². The average molecular weight is 217 g/mol. The maximum Gasteiger partial charge on any atom is 0.337 e. The zero-order chi connectivity index (χ0) is 11.5. The molecule has 0 radical (unpaired) electrons. The Balaban J connectivity index is 2.43. The zero-order valence-corrected chi connectivity index (χ0v) is 8.07. The van der Waals surface area contributed by atoms with Gasteiger partial charge >= 0.3 is 5.97 Å². The largest absolute Gasteiger partial charge is 0.478 e. The predicted octanol–water partition coefficient (Wildman–Crippen LogP) is 0.778. The summed E-state index contributed by atoms with van der Waals surface area (Å²) in [5.41, 5.74) is 0.842. The Morgan fingerprint density at radius 2 is 2.25 bits per heavy atom. The molecule has 0 aliphatic heterocycles. The zero-order valence-electron chi connectivity index (χ0n) is 8.07. The van der Waals surface area contributed by atoms with Crippen molar-refractivity contribution in [1.29, 1.82) is 0 Å². The SMILES string of the molecule is O=Cc1ccn(-c2cncc(C(=O)O)c2)n1. The van der Waals surface area contributed by atoms with Crippen molar-refractivity contribution in [3.63, 3.8) is 0 Å². The standard InChI is InChI=1S/C10H7N3O3/c14-6-8-1-2-13(12-8)9-3-7(10(15)16)4-11-5-9/h1-6H,(H,15,16). The van der Waals surface area contributed by atoms with Crippen LogP contribution in [0.3, 0.4) is 0 Å². The van der Waals surface area contributed by atoms with E-state index in [0.29, 0.717) is 12.0 Å². The number of nitrogens with zero attached hydrogens (tertiary/aromatic N) is 3. The van der Waals surface area contributed by atoms with Crippen LogP contribution in [0.15, 0.2) is 30.7 Å². The van der Waals surface area contributed by atoms with Gasteiger partial charge in [-0.1, -0.05) is 0 Å². The fourth-order valence-electron chi connectivity index (χ4n) is 1.21. The molecule has 0 spiro atoms. The van der Waals surface area contributed by atoms with Crippen LogP contribution in [-0.2, 0) is 0 Å². The van der Waals surface area contributed by atoms with Gasteiger partial charge in [0.05, 0.1) is 17.4 Å². The molecule has 0 bridgehead atoms. The topological polar surface area (TPSA) is 85.1 Å². The summed E-state index contributed by atoms with van der Waals surface area (Å²) in [7, 11) is 0. The molecule has 0 unspecified atom stereocenters. The minimum atomic E-state index is -1.06. The molecule has 0 fully saturated rings. The number of carbonyl (C=O) groups excluding carboxylic acids is 1. The molecule has 2 aromatic heterocycles. The Labute approximate surface area is 90.2 Å². The second-order valence-electron chi connectivity index (χ2n) is 3.04. The summed E-state index contributed by atoms with van der Waals surface area (Å²) in [6.07, 6.45) is 4.89. The van der Waals surface area contributed by atoms with Gasteiger partial charge in [0.15, 0.2) is 6.29 Å². The third kappa shape index (κ3) is 1.81. The molecular formula is C10H7N3O3. The molecule has 16 heavy (non-hydrogen) atoms. The van der Waals surface area contributed by atoms with Crippen molar-refractivity contribution in [3.8, 4) is 5.69 Å². The van der Waals surface area contributed by atoms with Gasteiger partial charge < -0.3 is 5.11 Å². The van der Waals surface area contributed by atoms with Crippen molar-refractivity contribution in [2.24, 2.45) is 0 Å². The summed E-state index contributed by atoms with van der Waals surface area (Å²) in [5.74, 6) is -1.06. The van der Waals surface area contributed by atoms with Gasteiger partial charge in [-0.05, 0) is 12.1 Å². The van der Waals surface area contributed by atoms with Gasteiger partial charge in [0, 0.05) is 12.4 Å². The monoisotopic (exact) mass is 217 g/mol. The molecule has 0 amide bonds. The van der Waals surface area contributed by atoms with E-state index >= 15 is 0 Å². The van der Waals surface area contributed by atoms with Crippen molar-refractivity contribution in [2.75, 3.05) is 0 Å². The van der Waals surface area contributed by atoms with E-state index in [1.54, 1.807) is 6.20 Å². The van der Waals surface area contributed by atoms with E-state index in [2.05, 4.69) is 10.1 Å². The first-order valence-electron chi connectivity index (χ1n) is 4.40. The van der Waals surface area contributed by atoms with Crippen LogP contribution in [0.1, 0.15) is 20.8 Å². The molecule has 0 atom stereocenters. The third-order valence-corrected chi connectivity index (χ3v) is 1.97. The number of hydrogen-bond donors (Lipinski definition) is 1. The molecule has 2 rings (SSSR count). The lowest BCUT2D eigenvalue weighted by Gasteiger charge is -2.01. The first kappa shape index (κ1) is 10.0. The summed E-state index contributed by atoms with van der Waals surface area (Å²) in [6.45, 7) is 0. The van der Waals surface area contributed by atoms with Crippen molar-refractivity contribution in [3.05, 3.63) is 42.0 Å². The summed E-state index contributed by atoms with van der Waals surface area (Å²) in [4.78, 5) is 24.9. The molecule has 0 aliphatic carbocycles. The van der Waals surface area contributed by atoms with Gasteiger partial charge in [-0.2, -0.15) is 5.10 Å². The van der Waals surface area contributed by atoms with Gasteiger partial charge in [-0.25, -0.2) is 9.48 Å². The molecule has 0 aromatic carbocycles. The quantitative estimate of drug-likeness (QED) is 0.768. The minimum absolute atomic E-state index is 0.0700. The maximum absolute atomic E-state index is 10.7. The predicted molar refractivity (Wildman–Crippen MR) is 53.7 cm³/mol. The summed E-state index contributed by atoms with van der Waals surface area (Å²) < 4.78 is 1.39. The highest BCUT2D eigenvalue weighted by Gasteiger charge is 2.06. The highest BCUT2D eigenvalue weighted by atomic mass is 16.4. The van der Waals surface area contributed by atoms with Crippen LogP contribution in [0.2, 0.25) is 0 Å². The fraction of sp³-hybridized carbons (Fsp3) is 0. The normalized spacial score (nSPS) is 10.0. The number of aldehydes is 1. The highest BCUT2D eigenvalue weighted by molar-refractivity contribution is 5.87.